The Labute approximate surface area is 81.5 Å². The van der Waals surface area contributed by atoms with Crippen LogP contribution < -0.4 is 0 Å². The van der Waals surface area contributed by atoms with Crippen molar-refractivity contribution in [3.63, 3.8) is 0 Å². The predicted octanol–water partition coefficient (Wildman–Crippen LogP) is 1.03. The van der Waals surface area contributed by atoms with E-state index >= 15 is 0 Å². The van der Waals surface area contributed by atoms with Gasteiger partial charge in [0, 0.05) is 6.42 Å². The summed E-state index contributed by atoms with van der Waals surface area (Å²) in [4.78, 5) is 13.9. The van der Waals surface area contributed by atoms with Gasteiger partial charge in [-0.25, -0.2) is 14.5 Å². The highest BCUT2D eigenvalue weighted by Gasteiger charge is 2.46. The lowest BCUT2D eigenvalue weighted by atomic mass is 10.2. The van der Waals surface area contributed by atoms with Gasteiger partial charge in [-0.05, 0) is 6.42 Å². The maximum absolute atomic E-state index is 12.4. The number of carboxylic acids is 1. The first-order valence-corrected chi connectivity index (χ1v) is 4.15. The van der Waals surface area contributed by atoms with Gasteiger partial charge in [0.1, 0.15) is 11.9 Å². The summed E-state index contributed by atoms with van der Waals surface area (Å²) in [6, 6.07) is -1.74. The number of carbonyl (C=O) groups is 1. The minimum Gasteiger partial charge on any atom is -0.475 e. The average molecular weight is 221 g/mol. The van der Waals surface area contributed by atoms with Crippen LogP contribution in [-0.2, 0) is 6.42 Å². The third kappa shape index (κ3) is 1.55. The van der Waals surface area contributed by atoms with Crippen molar-refractivity contribution in [1.29, 1.82) is 0 Å². The van der Waals surface area contributed by atoms with Crippen molar-refractivity contribution < 1.29 is 23.1 Å². The van der Waals surface area contributed by atoms with Gasteiger partial charge in [-0.15, -0.1) is 5.10 Å². The molecule has 1 aromatic heterocycles. The number of fused-ring (bicyclic) bond motifs is 1. The number of nitrogens with zero attached hydrogens (tertiary/aromatic N) is 3. The average Bonchev–Trinajstić information content (AvgIpc) is 2.56. The lowest BCUT2D eigenvalue weighted by molar-refractivity contribution is -0.168. The smallest absolute Gasteiger partial charge is 0.410 e. The fourth-order valence-corrected chi connectivity index (χ4v) is 1.56. The third-order valence-electron chi connectivity index (χ3n) is 2.21. The number of hydrogen-bond acceptors (Lipinski definition) is 3. The van der Waals surface area contributed by atoms with Crippen LogP contribution in [0.25, 0.3) is 0 Å². The zero-order valence-corrected chi connectivity index (χ0v) is 7.32. The number of aromatic carboxylic acids is 1. The van der Waals surface area contributed by atoms with Crippen molar-refractivity contribution >= 4 is 5.97 Å². The molecule has 0 aliphatic carbocycles. The molecule has 0 saturated carbocycles. The molecule has 1 aliphatic rings. The van der Waals surface area contributed by atoms with Gasteiger partial charge in [0.15, 0.2) is 0 Å². The summed E-state index contributed by atoms with van der Waals surface area (Å²) in [5.74, 6) is -1.92. The zero-order valence-electron chi connectivity index (χ0n) is 7.32. The van der Waals surface area contributed by atoms with Gasteiger partial charge in [-0.1, -0.05) is 0 Å². The molecule has 1 aromatic rings. The second kappa shape index (κ2) is 2.94. The van der Waals surface area contributed by atoms with Crippen molar-refractivity contribution in [2.24, 2.45) is 0 Å². The summed E-state index contributed by atoms with van der Waals surface area (Å²) in [5.41, 5.74) is 0. The van der Waals surface area contributed by atoms with E-state index in [1.165, 1.54) is 0 Å². The Balaban J connectivity index is 2.38. The van der Waals surface area contributed by atoms with Gasteiger partial charge in [-0.3, -0.25) is 0 Å². The Morgan fingerprint density at radius 2 is 2.20 bits per heavy atom. The summed E-state index contributed by atoms with van der Waals surface area (Å²) >= 11 is 0. The zero-order chi connectivity index (χ0) is 11.2. The number of carboxylic acid groups (broad SMARTS) is 1. The molecule has 1 aliphatic heterocycles. The number of aryl methyl sites for hydroxylation is 1. The summed E-state index contributed by atoms with van der Waals surface area (Å²) in [6.07, 6.45) is -4.43. The fraction of sp³-hybridized carbons (Fsp3) is 0.571. The Morgan fingerprint density at radius 3 is 2.73 bits per heavy atom. The highest BCUT2D eigenvalue weighted by Crippen LogP contribution is 2.38. The number of alkyl halides is 3. The van der Waals surface area contributed by atoms with Crippen LogP contribution in [-0.4, -0.2) is 32.0 Å². The van der Waals surface area contributed by atoms with Gasteiger partial charge < -0.3 is 5.11 Å². The maximum atomic E-state index is 12.4. The van der Waals surface area contributed by atoms with E-state index in [-0.39, 0.29) is 18.7 Å². The van der Waals surface area contributed by atoms with E-state index in [2.05, 4.69) is 10.1 Å². The minimum absolute atomic E-state index is 0.0784. The Kier molecular flexibility index (Phi) is 1.95. The van der Waals surface area contributed by atoms with Gasteiger partial charge in [0.05, 0.1) is 0 Å². The number of halogens is 3. The van der Waals surface area contributed by atoms with E-state index < -0.39 is 24.0 Å². The first-order chi connectivity index (χ1) is 6.89. The Bertz CT molecular complexity index is 412. The predicted molar refractivity (Wildman–Crippen MR) is 40.4 cm³/mol. The third-order valence-corrected chi connectivity index (χ3v) is 2.21. The topological polar surface area (TPSA) is 68.0 Å². The number of hydrogen-bond donors (Lipinski definition) is 1. The first kappa shape index (κ1) is 9.94. The fourth-order valence-electron chi connectivity index (χ4n) is 1.56. The molecule has 0 aromatic carbocycles. The molecule has 0 spiro atoms. The second-order valence-electron chi connectivity index (χ2n) is 3.20. The second-order valence-corrected chi connectivity index (χ2v) is 3.20. The number of aromatic nitrogens is 3. The van der Waals surface area contributed by atoms with Crippen LogP contribution >= 0.6 is 0 Å². The molecule has 8 heteroatoms. The van der Waals surface area contributed by atoms with Crippen LogP contribution in [0.1, 0.15) is 28.9 Å². The van der Waals surface area contributed by atoms with Crippen LogP contribution in [0.15, 0.2) is 0 Å². The normalized spacial score (nSPS) is 20.3. The SMILES string of the molecule is O=C(O)c1nc2n(n1)[C@H](C(F)(F)F)CC2. The van der Waals surface area contributed by atoms with E-state index in [1.54, 1.807) is 0 Å². The molecule has 1 atom stereocenters. The van der Waals surface area contributed by atoms with Crippen molar-refractivity contribution in [3.8, 4) is 0 Å². The standard InChI is InChI=1S/C7H6F3N3O2/c8-7(9,10)3-1-2-4-11-5(6(14)15)12-13(3)4/h3H,1-2H2,(H,14,15)/t3-/m0/s1. The molecular formula is C7H6F3N3O2. The molecule has 5 nitrogen and oxygen atoms in total. The van der Waals surface area contributed by atoms with Crippen LogP contribution in [0.3, 0.4) is 0 Å². The minimum atomic E-state index is -4.41. The highest BCUT2D eigenvalue weighted by molar-refractivity contribution is 5.82. The molecule has 0 bridgehead atoms. The van der Waals surface area contributed by atoms with Crippen molar-refractivity contribution in [2.75, 3.05) is 0 Å². The van der Waals surface area contributed by atoms with Gasteiger partial charge >= 0.3 is 12.1 Å². The van der Waals surface area contributed by atoms with Gasteiger partial charge in [0.2, 0.25) is 0 Å². The molecular weight excluding hydrogens is 215 g/mol. The molecule has 0 saturated heterocycles. The summed E-state index contributed by atoms with van der Waals surface area (Å²) in [7, 11) is 0. The number of rotatable bonds is 1. The molecule has 0 unspecified atom stereocenters. The Hall–Kier alpha value is -1.60. The lowest BCUT2D eigenvalue weighted by Gasteiger charge is -2.14. The van der Waals surface area contributed by atoms with Crippen molar-refractivity contribution in [2.45, 2.75) is 25.1 Å². The summed E-state index contributed by atoms with van der Waals surface area (Å²) < 4.78 is 37.9. The quantitative estimate of drug-likeness (QED) is 0.768. The molecule has 0 radical (unpaired) electrons. The largest absolute Gasteiger partial charge is 0.475 e. The first-order valence-electron chi connectivity index (χ1n) is 4.15. The van der Waals surface area contributed by atoms with E-state index in [9.17, 15) is 18.0 Å². The van der Waals surface area contributed by atoms with Gasteiger partial charge in [-0.2, -0.15) is 13.2 Å². The van der Waals surface area contributed by atoms with E-state index in [0.29, 0.717) is 4.68 Å². The van der Waals surface area contributed by atoms with Crippen LogP contribution in [0, 0.1) is 0 Å². The van der Waals surface area contributed by atoms with E-state index in [1.807, 2.05) is 0 Å². The maximum Gasteiger partial charge on any atom is 0.410 e. The monoisotopic (exact) mass is 221 g/mol. The highest BCUT2D eigenvalue weighted by atomic mass is 19.4. The van der Waals surface area contributed by atoms with Crippen LogP contribution in [0.4, 0.5) is 13.2 Å². The van der Waals surface area contributed by atoms with Crippen molar-refractivity contribution in [3.05, 3.63) is 11.6 Å². The molecule has 82 valence electrons. The molecule has 0 fully saturated rings. The summed E-state index contributed by atoms with van der Waals surface area (Å²) in [6.45, 7) is 0. The van der Waals surface area contributed by atoms with E-state index in [4.69, 9.17) is 5.11 Å². The van der Waals surface area contributed by atoms with Crippen molar-refractivity contribution in [1.82, 2.24) is 14.8 Å². The lowest BCUT2D eigenvalue weighted by Crippen LogP contribution is -2.24. The van der Waals surface area contributed by atoms with Gasteiger partial charge in [0.25, 0.3) is 5.82 Å². The summed E-state index contributed by atoms with van der Waals surface area (Å²) in [5, 5.41) is 11.8. The molecule has 15 heavy (non-hydrogen) atoms. The van der Waals surface area contributed by atoms with E-state index in [0.717, 1.165) is 0 Å². The van der Waals surface area contributed by atoms with Crippen LogP contribution in [0.2, 0.25) is 0 Å². The Morgan fingerprint density at radius 1 is 1.53 bits per heavy atom. The van der Waals surface area contributed by atoms with Crippen LogP contribution in [0.5, 0.6) is 0 Å². The molecule has 2 rings (SSSR count). The molecule has 1 N–H and O–H groups in total. The molecule has 2 heterocycles. The molecule has 0 amide bonds.